The van der Waals surface area contributed by atoms with E-state index < -0.39 is 0 Å². The predicted molar refractivity (Wildman–Crippen MR) is 39.3 cm³/mol. The zero-order chi connectivity index (χ0) is 7.56. The van der Waals surface area contributed by atoms with Gasteiger partial charge in [-0.15, -0.1) is 5.10 Å². The molecular weight excluding hydrogens is 128 g/mol. The third-order valence-electron chi connectivity index (χ3n) is 1.49. The second kappa shape index (κ2) is 2.62. The Labute approximate surface area is 59.4 Å². The van der Waals surface area contributed by atoms with Crippen LogP contribution in [-0.4, -0.2) is 10.2 Å². The van der Waals surface area contributed by atoms with E-state index in [1.54, 1.807) is 6.20 Å². The first kappa shape index (κ1) is 6.95. The summed E-state index contributed by atoms with van der Waals surface area (Å²) in [5.74, 6) is 5.81. The zero-order valence-corrected chi connectivity index (χ0v) is 6.05. The summed E-state index contributed by atoms with van der Waals surface area (Å²) < 4.78 is 0. The molecule has 0 fully saturated rings. The summed E-state index contributed by atoms with van der Waals surface area (Å²) >= 11 is 0. The molecule has 0 saturated heterocycles. The average Bonchev–Trinajstić information content (AvgIpc) is 1.95. The molecule has 0 aromatic carbocycles. The van der Waals surface area contributed by atoms with Gasteiger partial charge < -0.3 is 5.43 Å². The van der Waals surface area contributed by atoms with Crippen molar-refractivity contribution < 1.29 is 0 Å². The quantitative estimate of drug-likeness (QED) is 0.435. The maximum absolute atomic E-state index is 5.17. The van der Waals surface area contributed by atoms with Crippen molar-refractivity contribution in [1.29, 1.82) is 0 Å². The Bertz CT molecular complexity index is 233. The molecule has 0 aliphatic carbocycles. The van der Waals surface area contributed by atoms with Crippen LogP contribution in [0.1, 0.15) is 11.1 Å². The van der Waals surface area contributed by atoms with Crippen LogP contribution in [-0.2, 0) is 0 Å². The minimum atomic E-state index is 0.639. The van der Waals surface area contributed by atoms with Crippen LogP contribution in [0.5, 0.6) is 0 Å². The highest BCUT2D eigenvalue weighted by Gasteiger charge is 1.98. The van der Waals surface area contributed by atoms with Gasteiger partial charge in [-0.1, -0.05) is 0 Å². The number of nitrogens with one attached hydrogen (secondary N) is 1. The third kappa shape index (κ3) is 1.06. The summed E-state index contributed by atoms with van der Waals surface area (Å²) in [4.78, 5) is 0. The van der Waals surface area contributed by atoms with E-state index in [1.165, 1.54) is 0 Å². The summed E-state index contributed by atoms with van der Waals surface area (Å²) in [5, 5.41) is 7.49. The number of hydrogen-bond acceptors (Lipinski definition) is 4. The molecule has 0 unspecified atom stereocenters. The molecule has 3 N–H and O–H groups in total. The Balaban J connectivity index is 3.14. The summed E-state index contributed by atoms with van der Waals surface area (Å²) in [6.45, 7) is 3.91. The van der Waals surface area contributed by atoms with Crippen molar-refractivity contribution in [2.24, 2.45) is 5.84 Å². The number of nitrogens with zero attached hydrogens (tertiary/aromatic N) is 2. The molecule has 4 heteroatoms. The smallest absolute Gasteiger partial charge is 0.165 e. The number of rotatable bonds is 1. The van der Waals surface area contributed by atoms with Gasteiger partial charge in [-0.05, 0) is 25.0 Å². The van der Waals surface area contributed by atoms with Crippen molar-refractivity contribution in [2.75, 3.05) is 5.43 Å². The first-order valence-electron chi connectivity index (χ1n) is 3.01. The first-order chi connectivity index (χ1) is 4.75. The number of nitrogens with two attached hydrogens (primary N) is 1. The largest absolute Gasteiger partial charge is 0.307 e. The van der Waals surface area contributed by atoms with Gasteiger partial charge in [-0.2, -0.15) is 5.10 Å². The maximum atomic E-state index is 5.17. The van der Waals surface area contributed by atoms with E-state index in [4.69, 9.17) is 5.84 Å². The number of hydrogen-bond donors (Lipinski definition) is 2. The van der Waals surface area contributed by atoms with E-state index in [2.05, 4.69) is 15.6 Å². The number of anilines is 1. The van der Waals surface area contributed by atoms with E-state index in [9.17, 15) is 0 Å². The summed E-state index contributed by atoms with van der Waals surface area (Å²) in [6.07, 6.45) is 1.70. The van der Waals surface area contributed by atoms with Crippen molar-refractivity contribution in [3.8, 4) is 0 Å². The van der Waals surface area contributed by atoms with Crippen LogP contribution < -0.4 is 11.3 Å². The first-order valence-corrected chi connectivity index (χ1v) is 3.01. The van der Waals surface area contributed by atoms with Gasteiger partial charge in [-0.3, -0.25) is 0 Å². The van der Waals surface area contributed by atoms with Crippen molar-refractivity contribution in [3.63, 3.8) is 0 Å². The molecular formula is C6H10N4. The minimum absolute atomic E-state index is 0.639. The zero-order valence-electron chi connectivity index (χ0n) is 6.05. The second-order valence-electron chi connectivity index (χ2n) is 2.15. The molecule has 1 heterocycles. The van der Waals surface area contributed by atoms with Crippen LogP contribution in [0.25, 0.3) is 0 Å². The lowest BCUT2D eigenvalue weighted by Gasteiger charge is -2.02. The summed E-state index contributed by atoms with van der Waals surface area (Å²) in [5.41, 5.74) is 4.59. The Morgan fingerprint density at radius 2 is 2.20 bits per heavy atom. The molecule has 1 rings (SSSR count). The SMILES string of the molecule is Cc1cnnc(NN)c1C. The number of hydrazine groups is 1. The van der Waals surface area contributed by atoms with Crippen LogP contribution in [0.3, 0.4) is 0 Å². The van der Waals surface area contributed by atoms with E-state index in [-0.39, 0.29) is 0 Å². The number of nitrogen functional groups attached to an aromatic ring is 1. The maximum Gasteiger partial charge on any atom is 0.165 e. The molecule has 0 amide bonds. The fourth-order valence-corrected chi connectivity index (χ4v) is 0.669. The van der Waals surface area contributed by atoms with Gasteiger partial charge in [-0.25, -0.2) is 5.84 Å². The Morgan fingerprint density at radius 3 is 2.70 bits per heavy atom. The van der Waals surface area contributed by atoms with Crippen LogP contribution in [0.4, 0.5) is 5.82 Å². The Morgan fingerprint density at radius 1 is 1.50 bits per heavy atom. The molecule has 1 aromatic heterocycles. The molecule has 1 aromatic rings. The Kier molecular flexibility index (Phi) is 1.82. The van der Waals surface area contributed by atoms with Gasteiger partial charge in [0.1, 0.15) is 0 Å². The third-order valence-corrected chi connectivity index (χ3v) is 1.49. The van der Waals surface area contributed by atoms with Crippen LogP contribution in [0.2, 0.25) is 0 Å². The summed E-state index contributed by atoms with van der Waals surface area (Å²) in [6, 6.07) is 0. The normalized spacial score (nSPS) is 9.50. The lowest BCUT2D eigenvalue weighted by Crippen LogP contribution is -2.11. The highest BCUT2D eigenvalue weighted by Crippen LogP contribution is 2.10. The highest BCUT2D eigenvalue weighted by molar-refractivity contribution is 5.43. The van der Waals surface area contributed by atoms with Gasteiger partial charge >= 0.3 is 0 Å². The monoisotopic (exact) mass is 138 g/mol. The molecule has 0 radical (unpaired) electrons. The molecule has 10 heavy (non-hydrogen) atoms. The molecule has 0 bridgehead atoms. The Hall–Kier alpha value is -1.16. The van der Waals surface area contributed by atoms with E-state index in [0.717, 1.165) is 11.1 Å². The molecule has 0 saturated carbocycles. The molecule has 4 nitrogen and oxygen atoms in total. The highest BCUT2D eigenvalue weighted by atomic mass is 15.3. The van der Waals surface area contributed by atoms with Gasteiger partial charge in [0, 0.05) is 0 Å². The second-order valence-corrected chi connectivity index (χ2v) is 2.15. The predicted octanol–water partition coefficient (Wildman–Crippen LogP) is 0.379. The van der Waals surface area contributed by atoms with Crippen molar-refractivity contribution in [2.45, 2.75) is 13.8 Å². The lowest BCUT2D eigenvalue weighted by atomic mass is 10.2. The fourth-order valence-electron chi connectivity index (χ4n) is 0.669. The van der Waals surface area contributed by atoms with E-state index in [0.29, 0.717) is 5.82 Å². The topological polar surface area (TPSA) is 63.8 Å². The molecule has 0 spiro atoms. The molecule has 0 aliphatic rings. The van der Waals surface area contributed by atoms with Gasteiger partial charge in [0.15, 0.2) is 5.82 Å². The molecule has 0 atom stereocenters. The van der Waals surface area contributed by atoms with Crippen molar-refractivity contribution >= 4 is 5.82 Å². The molecule has 0 aliphatic heterocycles. The van der Waals surface area contributed by atoms with Crippen molar-refractivity contribution in [1.82, 2.24) is 10.2 Å². The van der Waals surface area contributed by atoms with Gasteiger partial charge in [0.05, 0.1) is 6.20 Å². The summed E-state index contributed by atoms with van der Waals surface area (Å²) in [7, 11) is 0. The van der Waals surface area contributed by atoms with Gasteiger partial charge in [0.2, 0.25) is 0 Å². The number of aromatic nitrogens is 2. The van der Waals surface area contributed by atoms with Crippen molar-refractivity contribution in [3.05, 3.63) is 17.3 Å². The molecule has 54 valence electrons. The fraction of sp³-hybridized carbons (Fsp3) is 0.333. The lowest BCUT2D eigenvalue weighted by molar-refractivity contribution is 0.987. The van der Waals surface area contributed by atoms with E-state index in [1.807, 2.05) is 13.8 Å². The standard InChI is InChI=1S/C6H10N4/c1-4-3-8-10-6(9-7)5(4)2/h3H,7H2,1-2H3,(H,9,10). The van der Waals surface area contributed by atoms with Crippen LogP contribution in [0, 0.1) is 13.8 Å². The average molecular weight is 138 g/mol. The minimum Gasteiger partial charge on any atom is -0.307 e. The van der Waals surface area contributed by atoms with Crippen LogP contribution in [0.15, 0.2) is 6.20 Å². The number of aryl methyl sites for hydroxylation is 1. The van der Waals surface area contributed by atoms with Gasteiger partial charge in [0.25, 0.3) is 0 Å². The van der Waals surface area contributed by atoms with Crippen LogP contribution >= 0.6 is 0 Å². The van der Waals surface area contributed by atoms with E-state index >= 15 is 0 Å².